The summed E-state index contributed by atoms with van der Waals surface area (Å²) in [5.74, 6) is 4.20. The van der Waals surface area contributed by atoms with Crippen LogP contribution in [-0.2, 0) is 0 Å². The van der Waals surface area contributed by atoms with E-state index in [1.165, 1.54) is 6.92 Å². The SMILES string of the molecule is Cc1c(C(=O)NN)no[n+]1O. The Kier molecular flexibility index (Phi) is 1.73. The van der Waals surface area contributed by atoms with Crippen molar-refractivity contribution in [3.8, 4) is 0 Å². The summed E-state index contributed by atoms with van der Waals surface area (Å²) in [7, 11) is 0. The third kappa shape index (κ3) is 1.13. The largest absolute Gasteiger partial charge is 0.339 e. The van der Waals surface area contributed by atoms with Gasteiger partial charge < -0.3 is 5.21 Å². The van der Waals surface area contributed by atoms with Gasteiger partial charge >= 0.3 is 11.6 Å². The maximum Gasteiger partial charge on any atom is 0.339 e. The Labute approximate surface area is 61.3 Å². The minimum atomic E-state index is -0.612. The van der Waals surface area contributed by atoms with E-state index in [-0.39, 0.29) is 11.4 Å². The van der Waals surface area contributed by atoms with Gasteiger partial charge in [-0.05, 0) is 4.63 Å². The maximum atomic E-state index is 10.8. The van der Waals surface area contributed by atoms with Crippen LogP contribution in [0.15, 0.2) is 4.63 Å². The lowest BCUT2D eigenvalue weighted by Crippen LogP contribution is -2.34. The number of carbonyl (C=O) groups is 1. The summed E-state index contributed by atoms with van der Waals surface area (Å²) in [6, 6.07) is 0. The summed E-state index contributed by atoms with van der Waals surface area (Å²) < 4.78 is 4.22. The van der Waals surface area contributed by atoms with Crippen molar-refractivity contribution < 1.29 is 19.5 Å². The number of nitrogens with zero attached hydrogens (tertiary/aromatic N) is 2. The molecule has 1 aromatic rings. The number of nitrogen functional groups attached to an aromatic ring is 1. The number of rotatable bonds is 1. The van der Waals surface area contributed by atoms with Gasteiger partial charge in [-0.3, -0.25) is 10.2 Å². The molecule has 1 amide bonds. The minimum absolute atomic E-state index is 0.0463. The van der Waals surface area contributed by atoms with Gasteiger partial charge in [0.2, 0.25) is 0 Å². The van der Waals surface area contributed by atoms with E-state index in [1.54, 1.807) is 0 Å². The molecule has 0 saturated heterocycles. The normalized spacial score (nSPS) is 9.64. The first-order chi connectivity index (χ1) is 5.16. The van der Waals surface area contributed by atoms with Crippen LogP contribution in [0.3, 0.4) is 0 Å². The van der Waals surface area contributed by atoms with E-state index >= 15 is 0 Å². The van der Waals surface area contributed by atoms with Gasteiger partial charge in [-0.25, -0.2) is 5.84 Å². The predicted molar refractivity (Wildman–Crippen MR) is 30.3 cm³/mol. The third-order valence-electron chi connectivity index (χ3n) is 1.19. The summed E-state index contributed by atoms with van der Waals surface area (Å²) >= 11 is 0. The predicted octanol–water partition coefficient (Wildman–Crippen LogP) is -1.89. The zero-order valence-corrected chi connectivity index (χ0v) is 5.74. The molecular formula is C4H7N4O3+. The first-order valence-electron chi connectivity index (χ1n) is 2.76. The Morgan fingerprint density at radius 2 is 2.55 bits per heavy atom. The highest BCUT2D eigenvalue weighted by atomic mass is 16.8. The maximum absolute atomic E-state index is 10.8. The first kappa shape index (κ1) is 7.48. The second-order valence-electron chi connectivity index (χ2n) is 1.85. The monoisotopic (exact) mass is 159 g/mol. The van der Waals surface area contributed by atoms with Gasteiger partial charge in [0.05, 0.1) is 0 Å². The van der Waals surface area contributed by atoms with Gasteiger partial charge in [-0.2, -0.15) is 0 Å². The number of amides is 1. The number of hydrogen-bond donors (Lipinski definition) is 3. The number of hydrazine groups is 1. The van der Waals surface area contributed by atoms with Crippen LogP contribution in [0.4, 0.5) is 0 Å². The minimum Gasteiger partial charge on any atom is -0.317 e. The molecule has 7 nitrogen and oxygen atoms in total. The molecule has 0 bridgehead atoms. The molecule has 11 heavy (non-hydrogen) atoms. The van der Waals surface area contributed by atoms with Crippen molar-refractivity contribution in [1.29, 1.82) is 0 Å². The summed E-state index contributed by atoms with van der Waals surface area (Å²) in [6.07, 6.45) is 0. The molecule has 7 heteroatoms. The van der Waals surface area contributed by atoms with E-state index in [1.807, 2.05) is 5.43 Å². The van der Waals surface area contributed by atoms with Gasteiger partial charge in [0.25, 0.3) is 5.69 Å². The second-order valence-corrected chi connectivity index (χ2v) is 1.85. The van der Waals surface area contributed by atoms with E-state index in [4.69, 9.17) is 11.0 Å². The Balaban J connectivity index is 3.04. The van der Waals surface area contributed by atoms with Gasteiger partial charge in [0.1, 0.15) is 4.90 Å². The Hall–Kier alpha value is -1.63. The number of aromatic nitrogens is 2. The van der Waals surface area contributed by atoms with Gasteiger partial charge in [-0.15, -0.1) is 0 Å². The molecular weight excluding hydrogens is 152 g/mol. The zero-order chi connectivity index (χ0) is 8.43. The highest BCUT2D eigenvalue weighted by molar-refractivity contribution is 5.92. The van der Waals surface area contributed by atoms with Crippen LogP contribution >= 0.6 is 0 Å². The van der Waals surface area contributed by atoms with Crippen molar-refractivity contribution in [2.24, 2.45) is 5.84 Å². The van der Waals surface area contributed by atoms with Gasteiger partial charge in [0, 0.05) is 6.92 Å². The molecule has 1 aromatic heterocycles. The smallest absolute Gasteiger partial charge is 0.317 e. The molecule has 0 radical (unpaired) electrons. The van der Waals surface area contributed by atoms with Crippen molar-refractivity contribution in [3.05, 3.63) is 11.4 Å². The molecule has 0 aliphatic heterocycles. The van der Waals surface area contributed by atoms with Crippen LogP contribution in [0.1, 0.15) is 16.2 Å². The number of nitrogens with two attached hydrogens (primary N) is 1. The van der Waals surface area contributed by atoms with Crippen molar-refractivity contribution in [2.45, 2.75) is 6.92 Å². The van der Waals surface area contributed by atoms with E-state index in [9.17, 15) is 4.79 Å². The summed E-state index contributed by atoms with van der Waals surface area (Å²) in [6.45, 7) is 1.46. The average Bonchev–Trinajstić information content (AvgIpc) is 2.32. The topological polar surface area (TPSA) is 105 Å². The van der Waals surface area contributed by atoms with Crippen molar-refractivity contribution in [3.63, 3.8) is 0 Å². The Bertz CT molecular complexity index is 281. The average molecular weight is 159 g/mol. The van der Waals surface area contributed by atoms with Crippen LogP contribution in [-0.4, -0.2) is 16.3 Å². The molecule has 60 valence electrons. The second kappa shape index (κ2) is 2.54. The first-order valence-corrected chi connectivity index (χ1v) is 2.76. The van der Waals surface area contributed by atoms with Crippen LogP contribution in [0.25, 0.3) is 0 Å². The molecule has 0 unspecified atom stereocenters. The fraction of sp³-hybridized carbons (Fsp3) is 0.250. The molecule has 0 saturated carbocycles. The van der Waals surface area contributed by atoms with Crippen molar-refractivity contribution in [1.82, 2.24) is 10.6 Å². The highest BCUT2D eigenvalue weighted by Crippen LogP contribution is 1.95. The Morgan fingerprint density at radius 1 is 1.91 bits per heavy atom. The number of carbonyl (C=O) groups excluding carboxylic acids is 1. The van der Waals surface area contributed by atoms with E-state index in [0.29, 0.717) is 4.90 Å². The van der Waals surface area contributed by atoms with Crippen LogP contribution in [0.5, 0.6) is 0 Å². The van der Waals surface area contributed by atoms with Crippen LogP contribution in [0, 0.1) is 6.92 Å². The van der Waals surface area contributed by atoms with E-state index in [0.717, 1.165) is 0 Å². The lowest BCUT2D eigenvalue weighted by Gasteiger charge is -1.85. The summed E-state index contributed by atoms with van der Waals surface area (Å²) in [5, 5.41) is 12.0. The molecule has 0 aromatic carbocycles. The van der Waals surface area contributed by atoms with Crippen molar-refractivity contribution in [2.75, 3.05) is 0 Å². The van der Waals surface area contributed by atoms with Crippen LogP contribution in [0.2, 0.25) is 0 Å². The van der Waals surface area contributed by atoms with E-state index < -0.39 is 5.91 Å². The number of nitrogens with one attached hydrogen (secondary N) is 1. The fourth-order valence-corrected chi connectivity index (χ4v) is 0.572. The summed E-state index contributed by atoms with van der Waals surface area (Å²) in [4.78, 5) is 11.1. The molecule has 0 spiro atoms. The molecule has 0 atom stereocenters. The quantitative estimate of drug-likeness (QED) is 0.192. The number of hydrogen-bond acceptors (Lipinski definition) is 5. The molecule has 0 aliphatic carbocycles. The zero-order valence-electron chi connectivity index (χ0n) is 5.74. The van der Waals surface area contributed by atoms with Gasteiger partial charge in [0.15, 0.2) is 5.16 Å². The molecule has 1 heterocycles. The highest BCUT2D eigenvalue weighted by Gasteiger charge is 2.26. The summed E-state index contributed by atoms with van der Waals surface area (Å²) in [5.41, 5.74) is 1.99. The van der Waals surface area contributed by atoms with Crippen molar-refractivity contribution >= 4 is 5.91 Å². The standard InChI is InChI=1S/C4H6N4O3/c1-2-3(4(9)6-5)7-11-8(2)10/h5,7,10H,1H3/p+1. The molecule has 0 fully saturated rings. The third-order valence-corrected chi connectivity index (χ3v) is 1.19. The lowest BCUT2D eigenvalue weighted by atomic mass is 10.3. The van der Waals surface area contributed by atoms with Crippen LogP contribution < -0.4 is 16.2 Å². The molecule has 4 N–H and O–H groups in total. The van der Waals surface area contributed by atoms with Gasteiger partial charge in [-0.1, -0.05) is 0 Å². The van der Waals surface area contributed by atoms with E-state index in [2.05, 4.69) is 9.79 Å². The lowest BCUT2D eigenvalue weighted by molar-refractivity contribution is -1.04. The Morgan fingerprint density at radius 3 is 2.91 bits per heavy atom. The fourth-order valence-electron chi connectivity index (χ4n) is 0.572. The molecule has 0 aliphatic rings. The molecule has 1 rings (SSSR count).